The minimum absolute atomic E-state index is 0.227. The normalized spacial score (nSPS) is 15.5. The molecular weight excluding hydrogens is 362 g/mol. The lowest BCUT2D eigenvalue weighted by Gasteiger charge is -2.34. The van der Waals surface area contributed by atoms with E-state index in [0.717, 1.165) is 31.9 Å². The second kappa shape index (κ2) is 8.19. The third kappa shape index (κ3) is 4.93. The number of anilines is 2. The predicted octanol–water partition coefficient (Wildman–Crippen LogP) is 3.89. The van der Waals surface area contributed by atoms with Crippen molar-refractivity contribution in [2.45, 2.75) is 19.4 Å². The van der Waals surface area contributed by atoms with Gasteiger partial charge in [0, 0.05) is 31.9 Å². The summed E-state index contributed by atoms with van der Waals surface area (Å²) in [5.41, 5.74) is 0.652. The standard InChI is InChI=1S/C21H26ClN3O2/c1-21(2,27-17-7-5-4-6-8-17)20(26)23-16-9-10-19(18(22)15-16)25-13-11-24(3)12-14-25/h4-10,15H,11-14H2,1-3H3,(H,23,26). The van der Waals surface area contributed by atoms with Crippen molar-refractivity contribution in [1.29, 1.82) is 0 Å². The molecule has 5 nitrogen and oxygen atoms in total. The van der Waals surface area contributed by atoms with Gasteiger partial charge >= 0.3 is 0 Å². The summed E-state index contributed by atoms with van der Waals surface area (Å²) in [6, 6.07) is 15.0. The maximum Gasteiger partial charge on any atom is 0.267 e. The quantitative estimate of drug-likeness (QED) is 0.845. The maximum atomic E-state index is 12.7. The van der Waals surface area contributed by atoms with Crippen molar-refractivity contribution in [2.24, 2.45) is 0 Å². The summed E-state index contributed by atoms with van der Waals surface area (Å²) in [6.45, 7) is 7.41. The number of ether oxygens (including phenoxy) is 1. The van der Waals surface area contributed by atoms with Crippen LogP contribution in [0.4, 0.5) is 11.4 Å². The zero-order valence-corrected chi connectivity index (χ0v) is 16.8. The number of likely N-dealkylation sites (N-methyl/N-ethyl adjacent to an activating group) is 1. The molecule has 0 bridgehead atoms. The Kier molecular flexibility index (Phi) is 5.92. The summed E-state index contributed by atoms with van der Waals surface area (Å²) in [6.07, 6.45) is 0. The lowest BCUT2D eigenvalue weighted by Crippen LogP contribution is -2.44. The molecule has 0 aliphatic carbocycles. The molecule has 0 radical (unpaired) electrons. The molecule has 6 heteroatoms. The molecule has 0 unspecified atom stereocenters. The van der Waals surface area contributed by atoms with Crippen molar-refractivity contribution in [1.82, 2.24) is 4.90 Å². The highest BCUT2D eigenvalue weighted by Gasteiger charge is 2.30. The van der Waals surface area contributed by atoms with E-state index in [-0.39, 0.29) is 5.91 Å². The second-order valence-electron chi connectivity index (χ2n) is 7.34. The molecule has 0 spiro atoms. The van der Waals surface area contributed by atoms with Crippen molar-refractivity contribution >= 4 is 28.9 Å². The van der Waals surface area contributed by atoms with Crippen molar-refractivity contribution < 1.29 is 9.53 Å². The van der Waals surface area contributed by atoms with Crippen LogP contribution < -0.4 is 15.0 Å². The van der Waals surface area contributed by atoms with Gasteiger partial charge in [-0.2, -0.15) is 0 Å². The fraction of sp³-hybridized carbons (Fsp3) is 0.381. The van der Waals surface area contributed by atoms with Gasteiger partial charge in [-0.3, -0.25) is 4.79 Å². The Morgan fingerprint density at radius 3 is 2.37 bits per heavy atom. The van der Waals surface area contributed by atoms with Crippen LogP contribution >= 0.6 is 11.6 Å². The van der Waals surface area contributed by atoms with E-state index in [4.69, 9.17) is 16.3 Å². The molecule has 0 saturated carbocycles. The van der Waals surface area contributed by atoms with E-state index < -0.39 is 5.60 Å². The smallest absolute Gasteiger partial charge is 0.267 e. The number of benzene rings is 2. The van der Waals surface area contributed by atoms with Crippen molar-refractivity contribution in [2.75, 3.05) is 43.4 Å². The fourth-order valence-corrected chi connectivity index (χ4v) is 3.30. The van der Waals surface area contributed by atoms with Gasteiger partial charge in [-0.25, -0.2) is 0 Å². The highest BCUT2D eigenvalue weighted by atomic mass is 35.5. The minimum atomic E-state index is -1.01. The van der Waals surface area contributed by atoms with Crippen LogP contribution in [0.5, 0.6) is 5.75 Å². The first-order valence-electron chi connectivity index (χ1n) is 9.14. The lowest BCUT2D eigenvalue weighted by molar-refractivity contribution is -0.128. The third-order valence-corrected chi connectivity index (χ3v) is 5.02. The van der Waals surface area contributed by atoms with Crippen LogP contribution in [0.3, 0.4) is 0 Å². The zero-order chi connectivity index (χ0) is 19.4. The Morgan fingerprint density at radius 1 is 1.07 bits per heavy atom. The Hall–Kier alpha value is -2.24. The van der Waals surface area contributed by atoms with Crippen LogP contribution in [0.1, 0.15) is 13.8 Å². The topological polar surface area (TPSA) is 44.8 Å². The van der Waals surface area contributed by atoms with Gasteiger partial charge in [0.15, 0.2) is 5.60 Å². The Morgan fingerprint density at radius 2 is 1.74 bits per heavy atom. The third-order valence-electron chi connectivity index (χ3n) is 4.71. The molecule has 1 aliphatic heterocycles. The molecule has 1 heterocycles. The molecule has 1 aliphatic rings. The number of piperazine rings is 1. The van der Waals surface area contributed by atoms with Crippen molar-refractivity contribution in [3.63, 3.8) is 0 Å². The molecule has 2 aromatic carbocycles. The highest BCUT2D eigenvalue weighted by molar-refractivity contribution is 6.33. The van der Waals surface area contributed by atoms with Gasteiger partial charge in [0.25, 0.3) is 5.91 Å². The second-order valence-corrected chi connectivity index (χ2v) is 7.74. The summed E-state index contributed by atoms with van der Waals surface area (Å²) in [5.74, 6) is 0.427. The number of amides is 1. The summed E-state index contributed by atoms with van der Waals surface area (Å²) in [4.78, 5) is 17.3. The van der Waals surface area contributed by atoms with Crippen LogP contribution in [0.25, 0.3) is 0 Å². The molecule has 1 fully saturated rings. The summed E-state index contributed by atoms with van der Waals surface area (Å²) in [7, 11) is 2.12. The fourth-order valence-electron chi connectivity index (χ4n) is 3.00. The Bertz CT molecular complexity index is 787. The van der Waals surface area contributed by atoms with E-state index in [0.29, 0.717) is 16.5 Å². The van der Waals surface area contributed by atoms with E-state index >= 15 is 0 Å². The SMILES string of the molecule is CN1CCN(c2ccc(NC(=O)C(C)(C)Oc3ccccc3)cc2Cl)CC1. The molecule has 1 amide bonds. The number of carbonyl (C=O) groups is 1. The predicted molar refractivity (Wildman–Crippen MR) is 111 cm³/mol. The number of nitrogens with zero attached hydrogens (tertiary/aromatic N) is 2. The number of hydrogen-bond donors (Lipinski definition) is 1. The van der Waals surface area contributed by atoms with Gasteiger partial charge < -0.3 is 19.9 Å². The number of rotatable bonds is 5. The number of carbonyl (C=O) groups excluding carboxylic acids is 1. The minimum Gasteiger partial charge on any atom is -0.478 e. The molecule has 0 aromatic heterocycles. The number of hydrogen-bond acceptors (Lipinski definition) is 4. The van der Waals surface area contributed by atoms with Gasteiger partial charge in [-0.15, -0.1) is 0 Å². The summed E-state index contributed by atoms with van der Waals surface area (Å²) in [5, 5.41) is 3.54. The first kappa shape index (κ1) is 19.5. The molecule has 1 N–H and O–H groups in total. The van der Waals surface area contributed by atoms with Gasteiger partial charge in [0.1, 0.15) is 5.75 Å². The van der Waals surface area contributed by atoms with E-state index in [1.54, 1.807) is 19.9 Å². The van der Waals surface area contributed by atoms with E-state index in [2.05, 4.69) is 22.2 Å². The van der Waals surface area contributed by atoms with Crippen LogP contribution in [-0.2, 0) is 4.79 Å². The molecule has 144 valence electrons. The highest BCUT2D eigenvalue weighted by Crippen LogP contribution is 2.30. The molecule has 1 saturated heterocycles. The largest absolute Gasteiger partial charge is 0.478 e. The summed E-state index contributed by atoms with van der Waals surface area (Å²) >= 11 is 6.49. The molecule has 0 atom stereocenters. The average Bonchev–Trinajstić information content (AvgIpc) is 2.63. The van der Waals surface area contributed by atoms with Gasteiger partial charge in [-0.05, 0) is 51.2 Å². The maximum absolute atomic E-state index is 12.7. The molecule has 2 aromatic rings. The number of nitrogens with one attached hydrogen (secondary N) is 1. The van der Waals surface area contributed by atoms with Crippen LogP contribution in [0.15, 0.2) is 48.5 Å². The van der Waals surface area contributed by atoms with Crippen molar-refractivity contribution in [3.05, 3.63) is 53.6 Å². The Labute approximate surface area is 165 Å². The van der Waals surface area contributed by atoms with E-state index in [1.807, 2.05) is 42.5 Å². The van der Waals surface area contributed by atoms with Crippen LogP contribution in [0.2, 0.25) is 5.02 Å². The van der Waals surface area contributed by atoms with Crippen LogP contribution in [-0.4, -0.2) is 49.6 Å². The number of para-hydroxylation sites is 1. The first-order valence-corrected chi connectivity index (χ1v) is 9.51. The summed E-state index contributed by atoms with van der Waals surface area (Å²) < 4.78 is 5.84. The first-order chi connectivity index (χ1) is 12.8. The Balaban J connectivity index is 1.66. The van der Waals surface area contributed by atoms with Gasteiger partial charge in [0.05, 0.1) is 10.7 Å². The van der Waals surface area contributed by atoms with Crippen LogP contribution in [0, 0.1) is 0 Å². The molecular formula is C21H26ClN3O2. The van der Waals surface area contributed by atoms with E-state index in [1.165, 1.54) is 0 Å². The number of halogens is 1. The molecule has 27 heavy (non-hydrogen) atoms. The molecule has 3 rings (SSSR count). The van der Waals surface area contributed by atoms with Gasteiger partial charge in [0.2, 0.25) is 0 Å². The lowest BCUT2D eigenvalue weighted by atomic mass is 10.1. The van der Waals surface area contributed by atoms with Crippen molar-refractivity contribution in [3.8, 4) is 5.75 Å². The van der Waals surface area contributed by atoms with Gasteiger partial charge in [-0.1, -0.05) is 29.8 Å². The van der Waals surface area contributed by atoms with E-state index in [9.17, 15) is 4.79 Å². The zero-order valence-electron chi connectivity index (χ0n) is 16.0. The monoisotopic (exact) mass is 387 g/mol. The average molecular weight is 388 g/mol.